The smallest absolute Gasteiger partial charge is 0.298 e. The first-order valence-electron chi connectivity index (χ1n) is 9.26. The Hall–Kier alpha value is -2.56. The topological polar surface area (TPSA) is 39.4 Å². The lowest BCUT2D eigenvalue weighted by atomic mass is 10.00. The highest BCUT2D eigenvalue weighted by Gasteiger charge is 2.41. The molecule has 0 N–H and O–H groups in total. The number of fused-ring (bicyclic) bond motifs is 3. The van der Waals surface area contributed by atoms with Crippen molar-refractivity contribution in [2.24, 2.45) is 4.99 Å². The molecule has 3 aromatic rings. The van der Waals surface area contributed by atoms with Crippen molar-refractivity contribution in [1.82, 2.24) is 9.55 Å². The molecule has 12 heteroatoms. The van der Waals surface area contributed by atoms with E-state index in [1.807, 2.05) is 42.0 Å². The van der Waals surface area contributed by atoms with Crippen molar-refractivity contribution in [3.05, 3.63) is 82.1 Å². The van der Waals surface area contributed by atoms with E-state index in [0.29, 0.717) is 22.8 Å². The number of ether oxygens (including phenoxy) is 1. The molecule has 2 aromatic carbocycles. The van der Waals surface area contributed by atoms with Gasteiger partial charge in [0.15, 0.2) is 0 Å². The van der Waals surface area contributed by atoms with E-state index >= 15 is 0 Å². The molecule has 33 heavy (non-hydrogen) atoms. The zero-order valence-corrected chi connectivity index (χ0v) is 18.3. The molecular weight excluding hydrogens is 495 g/mol. The molecule has 1 atom stereocenters. The Morgan fingerprint density at radius 2 is 1.79 bits per heavy atom. The van der Waals surface area contributed by atoms with E-state index in [1.165, 1.54) is 6.07 Å². The quantitative estimate of drug-likeness (QED) is 0.292. The van der Waals surface area contributed by atoms with E-state index in [9.17, 15) is 26.3 Å². The molecule has 0 radical (unpaired) electrons. The number of aryl methyl sites for hydroxylation is 1. The lowest BCUT2D eigenvalue weighted by Gasteiger charge is -2.14. The van der Waals surface area contributed by atoms with Gasteiger partial charge in [-0.15, -0.1) is 0 Å². The molecule has 0 amide bonds. The largest absolute Gasteiger partial charge is 0.428 e. The van der Waals surface area contributed by atoms with Crippen LogP contribution in [0.25, 0.3) is 5.69 Å². The third-order valence-electron chi connectivity index (χ3n) is 4.47. The molecule has 1 aliphatic heterocycles. The molecule has 0 saturated heterocycles. The molecule has 0 saturated carbocycles. The summed E-state index contributed by atoms with van der Waals surface area (Å²) in [5, 5.41) is 0.592. The molecule has 0 fully saturated rings. The average molecular weight is 510 g/mol. The second kappa shape index (κ2) is 10.1. The molecule has 0 bridgehead atoms. The van der Waals surface area contributed by atoms with Crippen LogP contribution in [0.4, 0.5) is 26.3 Å². The van der Waals surface area contributed by atoms with Crippen LogP contribution in [0.2, 0.25) is 5.02 Å². The molecule has 1 aliphatic rings. The van der Waals surface area contributed by atoms with Crippen LogP contribution < -0.4 is 0 Å². The zero-order chi connectivity index (χ0) is 24.3. The number of rotatable bonds is 3. The summed E-state index contributed by atoms with van der Waals surface area (Å²) >= 11 is 10.5. The highest BCUT2D eigenvalue weighted by atomic mass is 35.5. The normalized spacial score (nSPS) is 13.9. The number of aliphatic imine (C=N–C) groups is 1. The Labute approximate surface area is 194 Å². The lowest BCUT2D eigenvalue weighted by molar-refractivity contribution is -0.246. The van der Waals surface area contributed by atoms with Gasteiger partial charge in [-0.3, -0.25) is 14.3 Å². The Kier molecular flexibility index (Phi) is 7.71. The summed E-state index contributed by atoms with van der Waals surface area (Å²) in [5.74, 6) is 0.576. The van der Waals surface area contributed by atoms with Crippen LogP contribution >= 0.6 is 23.2 Å². The zero-order valence-electron chi connectivity index (χ0n) is 16.8. The minimum absolute atomic E-state index is 0.293. The molecular formula is C21H15Cl2F6N3O. The van der Waals surface area contributed by atoms with Gasteiger partial charge in [0.05, 0.1) is 29.8 Å². The number of alkyl halides is 6. The van der Waals surface area contributed by atoms with Crippen molar-refractivity contribution in [3.63, 3.8) is 0 Å². The Morgan fingerprint density at radius 3 is 2.39 bits per heavy atom. The van der Waals surface area contributed by atoms with Gasteiger partial charge >= 0.3 is 12.8 Å². The molecule has 4 nitrogen and oxygen atoms in total. The van der Waals surface area contributed by atoms with E-state index in [1.54, 1.807) is 12.1 Å². The number of halogens is 8. The fourth-order valence-electron chi connectivity index (χ4n) is 3.12. The van der Waals surface area contributed by atoms with E-state index in [2.05, 4.69) is 26.3 Å². The van der Waals surface area contributed by atoms with E-state index < -0.39 is 18.4 Å². The summed E-state index contributed by atoms with van der Waals surface area (Å²) in [6, 6.07) is 12.3. The summed E-state index contributed by atoms with van der Waals surface area (Å²) in [7, 11) is 0. The first kappa shape index (κ1) is 25.1. The predicted molar refractivity (Wildman–Crippen MR) is 112 cm³/mol. The van der Waals surface area contributed by atoms with Crippen molar-refractivity contribution in [1.29, 1.82) is 0 Å². The molecule has 0 spiro atoms. The van der Waals surface area contributed by atoms with Gasteiger partial charge < -0.3 is 0 Å². The summed E-state index contributed by atoms with van der Waals surface area (Å²) in [4.78, 5) is 9.01. The van der Waals surface area contributed by atoms with Crippen molar-refractivity contribution in [3.8, 4) is 5.69 Å². The van der Waals surface area contributed by atoms with Crippen LogP contribution in [-0.4, -0.2) is 33.6 Å². The fourth-order valence-corrected chi connectivity index (χ4v) is 3.37. The second-order valence-corrected chi connectivity index (χ2v) is 7.53. The first-order chi connectivity index (χ1) is 15.5. The first-order valence-corrected chi connectivity index (χ1v) is 10.1. The van der Waals surface area contributed by atoms with Crippen LogP contribution in [0.3, 0.4) is 0 Å². The molecule has 1 unspecified atom stereocenters. The van der Waals surface area contributed by atoms with Gasteiger partial charge in [0.2, 0.25) is 5.56 Å². The minimum atomic E-state index is -4.95. The monoisotopic (exact) mass is 509 g/mol. The molecule has 0 aliphatic carbocycles. The van der Waals surface area contributed by atoms with Crippen LogP contribution in [0, 0.1) is 12.7 Å². The highest BCUT2D eigenvalue weighted by Crippen LogP contribution is 2.29. The number of hydrogen-bond acceptors (Lipinski definition) is 3. The van der Waals surface area contributed by atoms with Crippen LogP contribution in [-0.2, 0) is 11.3 Å². The maximum absolute atomic E-state index is 14.3. The minimum Gasteiger partial charge on any atom is -0.298 e. The number of aromatic nitrogens is 2. The van der Waals surface area contributed by atoms with Crippen molar-refractivity contribution >= 4 is 28.9 Å². The molecule has 4 rings (SSSR count). The summed E-state index contributed by atoms with van der Waals surface area (Å²) in [5.41, 5.74) is 0.849. The van der Waals surface area contributed by atoms with Crippen molar-refractivity contribution in [2.75, 3.05) is 0 Å². The van der Waals surface area contributed by atoms with Gasteiger partial charge in [0.25, 0.3) is 0 Å². The SMILES string of the molecule is Cc1ncc2n1-c1ccc(Cl)cc1C(c1ccccc1F)=NC2.FC(F)OC(Cl)C(F)(F)F. The van der Waals surface area contributed by atoms with Crippen molar-refractivity contribution in [2.45, 2.75) is 31.8 Å². The molecule has 2 heterocycles. The van der Waals surface area contributed by atoms with Crippen LogP contribution in [0.5, 0.6) is 0 Å². The van der Waals surface area contributed by atoms with Gasteiger partial charge in [-0.05, 0) is 37.3 Å². The highest BCUT2D eigenvalue weighted by molar-refractivity contribution is 6.31. The Balaban J connectivity index is 0.000000262. The standard InChI is InChI=1S/C18H13ClFN3.C3H2ClF5O/c1-11-21-9-13-10-22-18(14-4-2-3-5-16(14)20)15-8-12(19)6-7-17(15)23(11)13;4-1(3(7,8)9)10-2(5)6/h2-9H,10H2,1H3;1-2H. The van der Waals surface area contributed by atoms with Gasteiger partial charge in [-0.1, -0.05) is 35.3 Å². The molecule has 176 valence electrons. The van der Waals surface area contributed by atoms with Gasteiger partial charge in [0, 0.05) is 16.1 Å². The van der Waals surface area contributed by atoms with E-state index in [0.717, 1.165) is 22.8 Å². The summed E-state index contributed by atoms with van der Waals surface area (Å²) in [6.07, 6.45) is -3.14. The lowest BCUT2D eigenvalue weighted by Crippen LogP contribution is -2.27. The summed E-state index contributed by atoms with van der Waals surface area (Å²) in [6.45, 7) is -1.13. The maximum Gasteiger partial charge on any atom is 0.428 e. The van der Waals surface area contributed by atoms with Crippen molar-refractivity contribution < 1.29 is 31.1 Å². The van der Waals surface area contributed by atoms with Crippen LogP contribution in [0.15, 0.2) is 53.7 Å². The number of benzene rings is 2. The average Bonchev–Trinajstić information content (AvgIpc) is 3.01. The van der Waals surface area contributed by atoms with Gasteiger partial charge in [-0.2, -0.15) is 22.0 Å². The number of hydrogen-bond donors (Lipinski definition) is 0. The number of imidazole rings is 1. The Bertz CT molecular complexity index is 1160. The van der Waals surface area contributed by atoms with Gasteiger partial charge in [0.1, 0.15) is 11.6 Å². The predicted octanol–water partition coefficient (Wildman–Crippen LogP) is 6.68. The third kappa shape index (κ3) is 5.87. The summed E-state index contributed by atoms with van der Waals surface area (Å²) < 4.78 is 74.9. The third-order valence-corrected chi connectivity index (χ3v) is 5.06. The second-order valence-electron chi connectivity index (χ2n) is 6.69. The fraction of sp³-hybridized carbons (Fsp3) is 0.238. The Morgan fingerprint density at radius 1 is 1.09 bits per heavy atom. The van der Waals surface area contributed by atoms with Crippen LogP contribution in [0.1, 0.15) is 22.6 Å². The van der Waals surface area contributed by atoms with E-state index in [4.69, 9.17) is 11.6 Å². The van der Waals surface area contributed by atoms with E-state index in [-0.39, 0.29) is 5.82 Å². The molecule has 1 aromatic heterocycles. The number of nitrogens with zero attached hydrogens (tertiary/aromatic N) is 3. The maximum atomic E-state index is 14.3. The van der Waals surface area contributed by atoms with Gasteiger partial charge in [-0.25, -0.2) is 9.37 Å².